The topological polar surface area (TPSA) is 21.8 Å². The second-order valence-corrected chi connectivity index (χ2v) is 3.58. The summed E-state index contributed by atoms with van der Waals surface area (Å²) in [6.07, 6.45) is 3.59. The van der Waals surface area contributed by atoms with Crippen LogP contribution in [0, 0.1) is 0 Å². The molecule has 0 radical (unpaired) electrons. The molecule has 2 heteroatoms. The highest BCUT2D eigenvalue weighted by molar-refractivity contribution is 5.04. The van der Waals surface area contributed by atoms with Gasteiger partial charge in [-0.3, -0.25) is 0 Å². The lowest BCUT2D eigenvalue weighted by molar-refractivity contribution is -0.0297. The Labute approximate surface area is 61.5 Å². The first-order chi connectivity index (χ1) is 4.66. The first-order valence-corrected chi connectivity index (χ1v) is 4.00. The van der Waals surface area contributed by atoms with Crippen LogP contribution in [-0.4, -0.2) is 18.0 Å². The molecule has 0 aromatic carbocycles. The van der Waals surface area contributed by atoms with E-state index in [2.05, 4.69) is 6.92 Å². The molecule has 0 saturated carbocycles. The minimum absolute atomic E-state index is 0.0451. The molecule has 58 valence electrons. The van der Waals surface area contributed by atoms with Crippen molar-refractivity contribution in [3.63, 3.8) is 0 Å². The molecule has 2 aliphatic rings. The van der Waals surface area contributed by atoms with E-state index in [9.17, 15) is 0 Å². The first-order valence-electron chi connectivity index (χ1n) is 4.00. The van der Waals surface area contributed by atoms with Crippen LogP contribution in [0.4, 0.5) is 0 Å². The second kappa shape index (κ2) is 1.74. The van der Waals surface area contributed by atoms with Crippen LogP contribution < -0.4 is 0 Å². The number of ether oxygens (including phenoxy) is 2. The molecule has 2 fully saturated rings. The lowest BCUT2D eigenvalue weighted by atomic mass is 10.0. The van der Waals surface area contributed by atoms with Crippen LogP contribution in [0.1, 0.15) is 33.1 Å². The minimum Gasteiger partial charge on any atom is -0.347 e. The highest BCUT2D eigenvalue weighted by Gasteiger charge is 2.65. The fourth-order valence-electron chi connectivity index (χ4n) is 1.70. The molecule has 0 aromatic rings. The van der Waals surface area contributed by atoms with Gasteiger partial charge >= 0.3 is 0 Å². The van der Waals surface area contributed by atoms with Crippen molar-refractivity contribution in [1.82, 2.24) is 0 Å². The van der Waals surface area contributed by atoms with Gasteiger partial charge in [0, 0.05) is 0 Å². The van der Waals surface area contributed by atoms with Crippen LogP contribution in [0.5, 0.6) is 0 Å². The molecule has 2 aliphatic heterocycles. The summed E-state index contributed by atoms with van der Waals surface area (Å²) in [6.45, 7) is 5.04. The van der Waals surface area contributed by atoms with Crippen LogP contribution in [0.3, 0.4) is 0 Å². The molecule has 0 bridgehead atoms. The molecule has 0 spiro atoms. The molecule has 0 amide bonds. The zero-order chi connectivity index (χ0) is 7.24. The van der Waals surface area contributed by atoms with Gasteiger partial charge in [0.2, 0.25) is 0 Å². The number of rotatable bonds is 0. The third kappa shape index (κ3) is 0.722. The number of hydrogen-bond acceptors (Lipinski definition) is 2. The fourth-order valence-corrected chi connectivity index (χ4v) is 1.70. The van der Waals surface area contributed by atoms with Gasteiger partial charge in [-0.2, -0.15) is 0 Å². The van der Waals surface area contributed by atoms with Crippen LogP contribution in [0.2, 0.25) is 0 Å². The van der Waals surface area contributed by atoms with Crippen molar-refractivity contribution in [2.24, 2.45) is 0 Å². The molecule has 2 nitrogen and oxygen atoms in total. The summed E-state index contributed by atoms with van der Waals surface area (Å²) in [5.41, 5.74) is 0.0451. The smallest absolute Gasteiger partial charge is 0.195 e. The van der Waals surface area contributed by atoms with Gasteiger partial charge in [0.1, 0.15) is 5.60 Å². The van der Waals surface area contributed by atoms with Gasteiger partial charge in [0.25, 0.3) is 0 Å². The van der Waals surface area contributed by atoms with Crippen molar-refractivity contribution in [2.75, 3.05) is 6.61 Å². The van der Waals surface area contributed by atoms with E-state index in [1.165, 1.54) is 12.8 Å². The Morgan fingerprint density at radius 3 is 2.80 bits per heavy atom. The average Bonchev–Trinajstić information content (AvgIpc) is 2.36. The summed E-state index contributed by atoms with van der Waals surface area (Å²) >= 11 is 0. The van der Waals surface area contributed by atoms with E-state index < -0.39 is 0 Å². The van der Waals surface area contributed by atoms with E-state index in [4.69, 9.17) is 9.47 Å². The molecule has 2 heterocycles. The predicted octanol–water partition coefficient (Wildman–Crippen LogP) is 1.69. The van der Waals surface area contributed by atoms with Crippen LogP contribution in [-0.2, 0) is 9.47 Å². The van der Waals surface area contributed by atoms with Gasteiger partial charge in [-0.1, -0.05) is 0 Å². The highest BCUT2D eigenvalue weighted by Crippen LogP contribution is 2.52. The fraction of sp³-hybridized carbons (Fsp3) is 1.00. The molecule has 2 atom stereocenters. The third-order valence-corrected chi connectivity index (χ3v) is 2.76. The van der Waals surface area contributed by atoms with Gasteiger partial charge in [0.05, 0.1) is 6.61 Å². The Kier molecular flexibility index (Phi) is 1.15. The monoisotopic (exact) mass is 142 g/mol. The molecule has 2 saturated heterocycles. The largest absolute Gasteiger partial charge is 0.347 e. The van der Waals surface area contributed by atoms with Crippen LogP contribution in [0.25, 0.3) is 0 Å². The van der Waals surface area contributed by atoms with Gasteiger partial charge in [0.15, 0.2) is 5.79 Å². The predicted molar refractivity (Wildman–Crippen MR) is 37.7 cm³/mol. The summed E-state index contributed by atoms with van der Waals surface area (Å²) in [5.74, 6) is -0.233. The van der Waals surface area contributed by atoms with Gasteiger partial charge in [-0.05, 0) is 33.1 Å². The quantitative estimate of drug-likeness (QED) is 0.480. The van der Waals surface area contributed by atoms with E-state index in [0.29, 0.717) is 0 Å². The maximum Gasteiger partial charge on any atom is 0.195 e. The molecular weight excluding hydrogens is 128 g/mol. The van der Waals surface area contributed by atoms with Gasteiger partial charge in [-0.25, -0.2) is 0 Å². The SMILES string of the molecule is CC12CCCCOC1(C)O2. The Morgan fingerprint density at radius 1 is 1.20 bits per heavy atom. The molecule has 0 aromatic heterocycles. The normalized spacial score (nSPS) is 53.4. The molecule has 2 unspecified atom stereocenters. The molecule has 2 rings (SSSR count). The minimum atomic E-state index is -0.233. The van der Waals surface area contributed by atoms with E-state index >= 15 is 0 Å². The van der Waals surface area contributed by atoms with Crippen molar-refractivity contribution < 1.29 is 9.47 Å². The van der Waals surface area contributed by atoms with E-state index in [1.807, 2.05) is 6.92 Å². The molecular formula is C8H14O2. The summed E-state index contributed by atoms with van der Waals surface area (Å²) in [6, 6.07) is 0. The highest BCUT2D eigenvalue weighted by atomic mass is 16.8. The van der Waals surface area contributed by atoms with Crippen molar-refractivity contribution >= 4 is 0 Å². The van der Waals surface area contributed by atoms with Crippen molar-refractivity contribution in [3.05, 3.63) is 0 Å². The van der Waals surface area contributed by atoms with Crippen LogP contribution >= 0.6 is 0 Å². The Hall–Kier alpha value is -0.0800. The summed E-state index contributed by atoms with van der Waals surface area (Å²) in [7, 11) is 0. The lowest BCUT2D eigenvalue weighted by Gasteiger charge is -2.06. The van der Waals surface area contributed by atoms with E-state index in [1.54, 1.807) is 0 Å². The van der Waals surface area contributed by atoms with Crippen molar-refractivity contribution in [1.29, 1.82) is 0 Å². The van der Waals surface area contributed by atoms with E-state index in [-0.39, 0.29) is 11.4 Å². The molecule has 0 aliphatic carbocycles. The Morgan fingerprint density at radius 2 is 2.00 bits per heavy atom. The van der Waals surface area contributed by atoms with Crippen molar-refractivity contribution in [2.45, 2.75) is 44.5 Å². The van der Waals surface area contributed by atoms with Gasteiger partial charge < -0.3 is 9.47 Å². The number of epoxide rings is 1. The Bertz CT molecular complexity index is 141. The summed E-state index contributed by atoms with van der Waals surface area (Å²) in [4.78, 5) is 0. The van der Waals surface area contributed by atoms with Crippen molar-refractivity contribution in [3.8, 4) is 0 Å². The summed E-state index contributed by atoms with van der Waals surface area (Å²) in [5, 5.41) is 0. The average molecular weight is 142 g/mol. The lowest BCUT2D eigenvalue weighted by Crippen LogP contribution is -2.20. The number of hydrogen-bond donors (Lipinski definition) is 0. The molecule has 0 N–H and O–H groups in total. The third-order valence-electron chi connectivity index (χ3n) is 2.76. The maximum absolute atomic E-state index is 5.55. The zero-order valence-corrected chi connectivity index (χ0v) is 6.64. The van der Waals surface area contributed by atoms with Crippen LogP contribution in [0.15, 0.2) is 0 Å². The zero-order valence-electron chi connectivity index (χ0n) is 6.64. The standard InChI is InChI=1S/C8H14O2/c1-7-5-3-4-6-9-8(7,2)10-7/h3-6H2,1-2H3. The first kappa shape index (κ1) is 6.62. The maximum atomic E-state index is 5.55. The molecule has 10 heavy (non-hydrogen) atoms. The number of fused-ring (bicyclic) bond motifs is 1. The second-order valence-electron chi connectivity index (χ2n) is 3.58. The van der Waals surface area contributed by atoms with E-state index in [0.717, 1.165) is 13.0 Å². The summed E-state index contributed by atoms with van der Waals surface area (Å²) < 4.78 is 11.1. The Balaban J connectivity index is 2.11. The van der Waals surface area contributed by atoms with Gasteiger partial charge in [-0.15, -0.1) is 0 Å².